The standard InChI is InChI=1S/C17H22N2O5S/c1-13(20)19-24-16-4-2-15(3-5-16)22-8-7-18-10-14(21)11-23-17-6-9-25-12-17/h2-6,9,12,14,18,21H,7-8,10-11H2,1H3,(H,19,20)/t14-/m0/s1. The molecule has 0 saturated heterocycles. The maximum atomic E-state index is 10.7. The minimum absolute atomic E-state index is 0.250. The highest BCUT2D eigenvalue weighted by atomic mass is 32.1. The molecule has 1 amide bonds. The van der Waals surface area contributed by atoms with Crippen LogP contribution in [0.3, 0.4) is 0 Å². The molecule has 0 radical (unpaired) electrons. The number of benzene rings is 1. The second-order valence-corrected chi connectivity index (χ2v) is 5.99. The smallest absolute Gasteiger partial charge is 0.249 e. The molecule has 25 heavy (non-hydrogen) atoms. The second-order valence-electron chi connectivity index (χ2n) is 5.21. The monoisotopic (exact) mass is 366 g/mol. The van der Waals surface area contributed by atoms with Gasteiger partial charge in [-0.3, -0.25) is 4.79 Å². The van der Waals surface area contributed by atoms with Gasteiger partial charge in [0.25, 0.3) is 0 Å². The third-order valence-electron chi connectivity index (χ3n) is 3.00. The predicted octanol–water partition coefficient (Wildman–Crippen LogP) is 1.59. The molecule has 0 aliphatic heterocycles. The molecule has 0 aliphatic rings. The summed E-state index contributed by atoms with van der Waals surface area (Å²) in [7, 11) is 0. The van der Waals surface area contributed by atoms with Gasteiger partial charge in [-0.05, 0) is 35.7 Å². The summed E-state index contributed by atoms with van der Waals surface area (Å²) >= 11 is 1.55. The van der Waals surface area contributed by atoms with Gasteiger partial charge in [0, 0.05) is 25.4 Å². The molecule has 7 nitrogen and oxygen atoms in total. The first-order valence-electron chi connectivity index (χ1n) is 7.83. The summed E-state index contributed by atoms with van der Waals surface area (Å²) in [5, 5.41) is 16.7. The highest BCUT2D eigenvalue weighted by molar-refractivity contribution is 7.08. The van der Waals surface area contributed by atoms with E-state index in [1.165, 1.54) is 6.92 Å². The Morgan fingerprint density at radius 3 is 2.60 bits per heavy atom. The lowest BCUT2D eigenvalue weighted by Gasteiger charge is -2.13. The van der Waals surface area contributed by atoms with Gasteiger partial charge in [0.05, 0.1) is 0 Å². The minimum atomic E-state index is -0.579. The Morgan fingerprint density at radius 1 is 1.16 bits per heavy atom. The normalized spacial score (nSPS) is 11.6. The Labute approximate surface area is 150 Å². The summed E-state index contributed by atoms with van der Waals surface area (Å²) in [6.45, 7) is 3.11. The molecule has 0 bridgehead atoms. The van der Waals surface area contributed by atoms with E-state index < -0.39 is 6.10 Å². The number of ether oxygens (including phenoxy) is 2. The molecule has 0 fully saturated rings. The zero-order valence-electron chi connectivity index (χ0n) is 13.9. The molecular formula is C17H22N2O5S. The predicted molar refractivity (Wildman–Crippen MR) is 95.1 cm³/mol. The van der Waals surface area contributed by atoms with Gasteiger partial charge < -0.3 is 24.7 Å². The van der Waals surface area contributed by atoms with Gasteiger partial charge in [-0.1, -0.05) is 0 Å². The van der Waals surface area contributed by atoms with Crippen molar-refractivity contribution < 1.29 is 24.2 Å². The number of carbonyl (C=O) groups is 1. The van der Waals surface area contributed by atoms with E-state index in [9.17, 15) is 9.90 Å². The van der Waals surface area contributed by atoms with Gasteiger partial charge in [0.15, 0.2) is 5.75 Å². The molecule has 0 spiro atoms. The van der Waals surface area contributed by atoms with Crippen molar-refractivity contribution in [1.82, 2.24) is 10.8 Å². The minimum Gasteiger partial charge on any atom is -0.492 e. The fourth-order valence-corrected chi connectivity index (χ4v) is 2.40. The molecule has 1 aromatic heterocycles. The topological polar surface area (TPSA) is 89.1 Å². The number of hydrogen-bond donors (Lipinski definition) is 3. The van der Waals surface area contributed by atoms with Gasteiger partial charge >= 0.3 is 0 Å². The molecule has 1 atom stereocenters. The number of carbonyl (C=O) groups excluding carboxylic acids is 1. The van der Waals surface area contributed by atoms with Crippen molar-refractivity contribution in [2.45, 2.75) is 13.0 Å². The van der Waals surface area contributed by atoms with Gasteiger partial charge in [-0.2, -0.15) is 5.48 Å². The number of hydrogen-bond acceptors (Lipinski definition) is 7. The Hall–Kier alpha value is -2.29. The number of aliphatic hydroxyl groups excluding tert-OH is 1. The van der Waals surface area contributed by atoms with E-state index in [0.717, 1.165) is 5.75 Å². The molecule has 2 aromatic rings. The Bertz CT molecular complexity index is 618. The Balaban J connectivity index is 1.54. The summed E-state index contributed by atoms with van der Waals surface area (Å²) in [6.07, 6.45) is -0.579. The third kappa shape index (κ3) is 7.88. The fraction of sp³-hybridized carbons (Fsp3) is 0.353. The van der Waals surface area contributed by atoms with Crippen molar-refractivity contribution in [3.63, 3.8) is 0 Å². The van der Waals surface area contributed by atoms with E-state index in [4.69, 9.17) is 14.3 Å². The average Bonchev–Trinajstić information content (AvgIpc) is 3.12. The molecule has 3 N–H and O–H groups in total. The highest BCUT2D eigenvalue weighted by Gasteiger charge is 2.05. The average molecular weight is 366 g/mol. The zero-order valence-corrected chi connectivity index (χ0v) is 14.8. The lowest BCUT2D eigenvalue weighted by molar-refractivity contribution is -0.125. The Kier molecular flexibility index (Phi) is 8.03. The largest absolute Gasteiger partial charge is 0.492 e. The first-order chi connectivity index (χ1) is 12.1. The molecule has 1 aromatic carbocycles. The Morgan fingerprint density at radius 2 is 1.92 bits per heavy atom. The SMILES string of the molecule is CC(=O)NOc1ccc(OCCNC[C@H](O)COc2ccsc2)cc1. The van der Waals surface area contributed by atoms with Crippen LogP contribution in [0.2, 0.25) is 0 Å². The lowest BCUT2D eigenvalue weighted by atomic mass is 10.3. The van der Waals surface area contributed by atoms with Crippen molar-refractivity contribution >= 4 is 17.2 Å². The summed E-state index contributed by atoms with van der Waals surface area (Å²) < 4.78 is 11.0. The molecule has 136 valence electrons. The number of thiophene rings is 1. The van der Waals surface area contributed by atoms with E-state index in [1.54, 1.807) is 35.6 Å². The highest BCUT2D eigenvalue weighted by Crippen LogP contribution is 2.17. The first kappa shape index (κ1) is 19.0. The van der Waals surface area contributed by atoms with Crippen LogP contribution in [-0.2, 0) is 4.79 Å². The molecule has 1 heterocycles. The summed E-state index contributed by atoms with van der Waals surface area (Å²) in [5.74, 6) is 1.72. The van der Waals surface area contributed by atoms with Crippen LogP contribution in [0.15, 0.2) is 41.1 Å². The molecule has 8 heteroatoms. The molecule has 0 aliphatic carbocycles. The van der Waals surface area contributed by atoms with Gasteiger partial charge in [-0.25, -0.2) is 0 Å². The third-order valence-corrected chi connectivity index (χ3v) is 3.66. The van der Waals surface area contributed by atoms with Gasteiger partial charge in [0.1, 0.15) is 30.8 Å². The van der Waals surface area contributed by atoms with Gasteiger partial charge in [0.2, 0.25) is 5.91 Å². The van der Waals surface area contributed by atoms with Crippen LogP contribution in [0.25, 0.3) is 0 Å². The lowest BCUT2D eigenvalue weighted by Crippen LogP contribution is -2.33. The van der Waals surface area contributed by atoms with Crippen LogP contribution in [-0.4, -0.2) is 43.4 Å². The van der Waals surface area contributed by atoms with E-state index in [1.807, 2.05) is 16.8 Å². The van der Waals surface area contributed by atoms with Crippen molar-refractivity contribution in [3.05, 3.63) is 41.1 Å². The van der Waals surface area contributed by atoms with Crippen LogP contribution in [0, 0.1) is 0 Å². The van der Waals surface area contributed by atoms with Crippen LogP contribution in [0.5, 0.6) is 17.2 Å². The van der Waals surface area contributed by atoms with Gasteiger partial charge in [-0.15, -0.1) is 11.3 Å². The first-order valence-corrected chi connectivity index (χ1v) is 8.78. The number of hydroxylamine groups is 1. The maximum Gasteiger partial charge on any atom is 0.249 e. The quantitative estimate of drug-likeness (QED) is 0.413. The van der Waals surface area contributed by atoms with Crippen molar-refractivity contribution in [3.8, 4) is 17.2 Å². The molecule has 0 saturated carbocycles. The van der Waals surface area contributed by atoms with E-state index in [2.05, 4.69) is 10.8 Å². The summed E-state index contributed by atoms with van der Waals surface area (Å²) in [6, 6.07) is 8.76. The van der Waals surface area contributed by atoms with Crippen molar-refractivity contribution in [1.29, 1.82) is 0 Å². The number of aliphatic hydroxyl groups is 1. The van der Waals surface area contributed by atoms with Crippen LogP contribution in [0.4, 0.5) is 0 Å². The van der Waals surface area contributed by atoms with E-state index in [-0.39, 0.29) is 12.5 Å². The maximum absolute atomic E-state index is 10.7. The molecule has 2 rings (SSSR count). The number of nitrogens with one attached hydrogen (secondary N) is 2. The summed E-state index contributed by atoms with van der Waals surface area (Å²) in [4.78, 5) is 15.8. The second kappa shape index (κ2) is 10.5. The number of amides is 1. The summed E-state index contributed by atoms with van der Waals surface area (Å²) in [5.41, 5.74) is 2.25. The molecule has 0 unspecified atom stereocenters. The van der Waals surface area contributed by atoms with Crippen LogP contribution < -0.4 is 25.1 Å². The number of rotatable bonds is 11. The fourth-order valence-electron chi connectivity index (χ4n) is 1.83. The van der Waals surface area contributed by atoms with Crippen LogP contribution in [0.1, 0.15) is 6.92 Å². The van der Waals surface area contributed by atoms with Crippen molar-refractivity contribution in [2.24, 2.45) is 0 Å². The van der Waals surface area contributed by atoms with E-state index in [0.29, 0.717) is 31.2 Å². The molecular weight excluding hydrogens is 344 g/mol. The van der Waals surface area contributed by atoms with Crippen molar-refractivity contribution in [2.75, 3.05) is 26.3 Å². The zero-order chi connectivity index (χ0) is 17.9. The van der Waals surface area contributed by atoms with Crippen LogP contribution >= 0.6 is 11.3 Å². The van der Waals surface area contributed by atoms with E-state index >= 15 is 0 Å².